The van der Waals surface area contributed by atoms with Gasteiger partial charge < -0.3 is 28.8 Å². The lowest BCUT2D eigenvalue weighted by Crippen LogP contribution is -2.13. The minimum atomic E-state index is 0.311. The maximum atomic E-state index is 10.1. The Hall–Kier alpha value is -1.34. The van der Waals surface area contributed by atoms with Gasteiger partial charge in [-0.05, 0) is 24.5 Å². The van der Waals surface area contributed by atoms with Crippen molar-refractivity contribution in [3.63, 3.8) is 0 Å². The van der Waals surface area contributed by atoms with Crippen molar-refractivity contribution in [3.8, 4) is 11.5 Å². The normalized spacial score (nSPS) is 11.0. The molecule has 0 unspecified atom stereocenters. The molecule has 1 N–H and O–H groups in total. The second kappa shape index (κ2) is 16.8. The summed E-state index contributed by atoms with van der Waals surface area (Å²) in [7, 11) is 1.65. The van der Waals surface area contributed by atoms with E-state index in [0.717, 1.165) is 18.4 Å². The molecule has 27 heavy (non-hydrogen) atoms. The Kier molecular flexibility index (Phi) is 14.8. The molecule has 0 fully saturated rings. The Morgan fingerprint density at radius 1 is 0.778 bits per heavy atom. The number of methoxy groups -OCH3 is 1. The Bertz CT molecular complexity index is 466. The van der Waals surface area contributed by atoms with E-state index in [9.17, 15) is 5.11 Å². The van der Waals surface area contributed by atoms with E-state index in [1.54, 1.807) is 13.2 Å². The number of rotatable bonds is 18. The van der Waals surface area contributed by atoms with Crippen molar-refractivity contribution < 1.29 is 28.8 Å². The number of hydrogen-bond acceptors (Lipinski definition) is 6. The van der Waals surface area contributed by atoms with Crippen LogP contribution in [-0.4, -0.2) is 65.1 Å². The molecule has 0 aromatic heterocycles. The summed E-state index contributed by atoms with van der Waals surface area (Å²) in [4.78, 5) is 0. The van der Waals surface area contributed by atoms with Gasteiger partial charge >= 0.3 is 0 Å². The van der Waals surface area contributed by atoms with Crippen LogP contribution in [0.15, 0.2) is 18.2 Å². The molecule has 1 rings (SSSR count). The highest BCUT2D eigenvalue weighted by Gasteiger charge is 2.04. The second-order valence-electron chi connectivity index (χ2n) is 6.28. The lowest BCUT2D eigenvalue weighted by molar-refractivity contribution is 0.000157. The molecular weight excluding hydrogens is 348 g/mol. The third-order valence-corrected chi connectivity index (χ3v) is 4.03. The van der Waals surface area contributed by atoms with Crippen molar-refractivity contribution in [2.75, 3.05) is 60.0 Å². The summed E-state index contributed by atoms with van der Waals surface area (Å²) in [6, 6.07) is 5.53. The van der Waals surface area contributed by atoms with Gasteiger partial charge in [-0.2, -0.15) is 0 Å². The molecule has 156 valence electrons. The highest BCUT2D eigenvalue weighted by molar-refractivity contribution is 5.39. The minimum absolute atomic E-state index is 0.311. The number of hydrogen-bond donors (Lipinski definition) is 1. The molecule has 0 aliphatic carbocycles. The van der Waals surface area contributed by atoms with E-state index >= 15 is 0 Å². The number of aryl methyl sites for hydroxylation is 1. The van der Waals surface area contributed by atoms with Gasteiger partial charge in [0.2, 0.25) is 0 Å². The molecule has 1 aromatic rings. The van der Waals surface area contributed by atoms with E-state index in [-0.39, 0.29) is 0 Å². The molecule has 0 aliphatic rings. The smallest absolute Gasteiger partial charge is 0.123 e. The molecule has 0 heterocycles. The van der Waals surface area contributed by atoms with Gasteiger partial charge in [0.25, 0.3) is 0 Å². The topological polar surface area (TPSA) is 66.4 Å². The van der Waals surface area contributed by atoms with Gasteiger partial charge in [-0.15, -0.1) is 0 Å². The van der Waals surface area contributed by atoms with Crippen molar-refractivity contribution in [1.29, 1.82) is 0 Å². The zero-order valence-corrected chi connectivity index (χ0v) is 16.9. The van der Waals surface area contributed by atoms with Crippen LogP contribution in [0.5, 0.6) is 11.5 Å². The van der Waals surface area contributed by atoms with Crippen LogP contribution in [-0.2, 0) is 25.4 Å². The van der Waals surface area contributed by atoms with E-state index in [1.807, 2.05) is 12.1 Å². The van der Waals surface area contributed by atoms with Crippen LogP contribution in [0.25, 0.3) is 0 Å². The molecule has 0 radical (unpaired) electrons. The van der Waals surface area contributed by atoms with E-state index in [1.165, 1.54) is 19.3 Å². The summed E-state index contributed by atoms with van der Waals surface area (Å²) < 4.78 is 26.6. The number of phenolic OH excluding ortho intramolecular Hbond substituents is 1. The molecule has 0 saturated carbocycles. The van der Waals surface area contributed by atoms with Crippen LogP contribution in [0.4, 0.5) is 0 Å². The fraction of sp³-hybridized carbons (Fsp3) is 0.714. The fourth-order valence-electron chi connectivity index (χ4n) is 2.49. The number of aromatic hydroxyl groups is 1. The lowest BCUT2D eigenvalue weighted by Gasteiger charge is -2.10. The van der Waals surface area contributed by atoms with Crippen molar-refractivity contribution in [3.05, 3.63) is 23.8 Å². The molecule has 0 bridgehead atoms. The third-order valence-electron chi connectivity index (χ3n) is 4.03. The van der Waals surface area contributed by atoms with Gasteiger partial charge in [-0.25, -0.2) is 0 Å². The van der Waals surface area contributed by atoms with Crippen molar-refractivity contribution in [2.24, 2.45) is 0 Å². The zero-order valence-electron chi connectivity index (χ0n) is 16.9. The van der Waals surface area contributed by atoms with Crippen LogP contribution in [0.3, 0.4) is 0 Å². The highest BCUT2D eigenvalue weighted by atomic mass is 16.6. The first-order valence-corrected chi connectivity index (χ1v) is 9.94. The quantitative estimate of drug-likeness (QED) is 0.390. The van der Waals surface area contributed by atoms with Crippen LogP contribution in [0, 0.1) is 0 Å². The van der Waals surface area contributed by atoms with Crippen LogP contribution in [0.1, 0.15) is 38.2 Å². The summed E-state index contributed by atoms with van der Waals surface area (Å²) in [5, 5.41) is 10.1. The summed E-state index contributed by atoms with van der Waals surface area (Å²) >= 11 is 0. The van der Waals surface area contributed by atoms with Gasteiger partial charge in [-0.1, -0.05) is 32.3 Å². The van der Waals surface area contributed by atoms with Gasteiger partial charge in [0.15, 0.2) is 0 Å². The van der Waals surface area contributed by atoms with E-state index < -0.39 is 0 Å². The average Bonchev–Trinajstić information content (AvgIpc) is 2.67. The number of benzene rings is 1. The molecule has 0 spiro atoms. The third kappa shape index (κ3) is 12.6. The molecule has 1 aromatic carbocycles. The average molecular weight is 385 g/mol. The molecule has 6 heteroatoms. The van der Waals surface area contributed by atoms with E-state index in [0.29, 0.717) is 64.4 Å². The first-order valence-electron chi connectivity index (χ1n) is 9.94. The Morgan fingerprint density at radius 2 is 1.41 bits per heavy atom. The van der Waals surface area contributed by atoms with Gasteiger partial charge in [0, 0.05) is 13.2 Å². The number of phenols is 1. The molecule has 6 nitrogen and oxygen atoms in total. The molecule has 0 saturated heterocycles. The molecule has 0 aliphatic heterocycles. The van der Waals surface area contributed by atoms with Crippen molar-refractivity contribution in [2.45, 2.75) is 39.0 Å². The number of ether oxygens (including phenoxy) is 5. The van der Waals surface area contributed by atoms with Gasteiger partial charge in [0.05, 0.1) is 46.2 Å². The summed E-state index contributed by atoms with van der Waals surface area (Å²) in [5.74, 6) is 0.976. The second-order valence-corrected chi connectivity index (χ2v) is 6.28. The fourth-order valence-corrected chi connectivity index (χ4v) is 2.49. The molecule has 0 atom stereocenters. The predicted molar refractivity (Wildman–Crippen MR) is 106 cm³/mol. The minimum Gasteiger partial charge on any atom is -0.508 e. The first-order chi connectivity index (χ1) is 13.3. The van der Waals surface area contributed by atoms with Gasteiger partial charge in [-0.3, -0.25) is 0 Å². The van der Waals surface area contributed by atoms with E-state index in [4.69, 9.17) is 23.7 Å². The van der Waals surface area contributed by atoms with Crippen LogP contribution >= 0.6 is 0 Å². The summed E-state index contributed by atoms with van der Waals surface area (Å²) in [5.41, 5.74) is 0.984. The first kappa shape index (κ1) is 23.7. The summed E-state index contributed by atoms with van der Waals surface area (Å²) in [6.45, 7) is 6.46. The maximum absolute atomic E-state index is 10.1. The Balaban J connectivity index is 2.01. The molecular formula is C21H36O6. The van der Waals surface area contributed by atoms with Crippen LogP contribution < -0.4 is 4.74 Å². The monoisotopic (exact) mass is 384 g/mol. The van der Waals surface area contributed by atoms with Crippen molar-refractivity contribution in [1.82, 2.24) is 0 Å². The zero-order chi connectivity index (χ0) is 19.6. The van der Waals surface area contributed by atoms with Gasteiger partial charge in [0.1, 0.15) is 18.1 Å². The SMILES string of the molecule is CCCCCCc1ccc(OCCOCCOCCOCCOC)cc1O. The van der Waals surface area contributed by atoms with Crippen LogP contribution in [0.2, 0.25) is 0 Å². The Morgan fingerprint density at radius 3 is 2.00 bits per heavy atom. The Labute approximate surface area is 163 Å². The van der Waals surface area contributed by atoms with Crippen molar-refractivity contribution >= 4 is 0 Å². The maximum Gasteiger partial charge on any atom is 0.123 e. The van der Waals surface area contributed by atoms with E-state index in [2.05, 4.69) is 6.92 Å². The summed E-state index contributed by atoms with van der Waals surface area (Å²) in [6.07, 6.45) is 5.69. The lowest BCUT2D eigenvalue weighted by atomic mass is 10.1. The predicted octanol–water partition coefficient (Wildman–Crippen LogP) is 3.59. The standard InChI is InChI=1S/C21H36O6/c1-3-4-5-6-7-19-8-9-20(18-21(19)22)27-17-16-26-15-14-25-13-12-24-11-10-23-2/h8-9,18,22H,3-7,10-17H2,1-2H3. The highest BCUT2D eigenvalue weighted by Crippen LogP contribution is 2.25. The largest absolute Gasteiger partial charge is 0.508 e. The molecule has 0 amide bonds. The number of unbranched alkanes of at least 4 members (excludes halogenated alkanes) is 3.